The third-order valence-corrected chi connectivity index (χ3v) is 5.06. The van der Waals surface area contributed by atoms with E-state index < -0.39 is 0 Å². The number of anilines is 1. The van der Waals surface area contributed by atoms with Crippen LogP contribution in [0.4, 0.5) is 5.69 Å². The molecule has 2 fully saturated rings. The highest BCUT2D eigenvalue weighted by molar-refractivity contribution is 5.57. The van der Waals surface area contributed by atoms with Crippen LogP contribution in [0.25, 0.3) is 0 Å². The smallest absolute Gasteiger partial charge is 0.231 e. The van der Waals surface area contributed by atoms with Crippen LogP contribution in [-0.4, -0.2) is 32.5 Å². The Labute approximate surface area is 126 Å². The van der Waals surface area contributed by atoms with Gasteiger partial charge in [-0.3, -0.25) is 0 Å². The summed E-state index contributed by atoms with van der Waals surface area (Å²) in [5.41, 5.74) is 1.26. The Morgan fingerprint density at radius 2 is 2.00 bits per heavy atom. The van der Waals surface area contributed by atoms with E-state index in [9.17, 15) is 0 Å². The maximum absolute atomic E-state index is 5.49. The molecule has 2 heterocycles. The summed E-state index contributed by atoms with van der Waals surface area (Å²) >= 11 is 0. The van der Waals surface area contributed by atoms with Crippen molar-refractivity contribution in [1.29, 1.82) is 0 Å². The lowest BCUT2D eigenvalue weighted by molar-refractivity contribution is 0.174. The van der Waals surface area contributed by atoms with Crippen molar-refractivity contribution in [3.8, 4) is 11.5 Å². The van der Waals surface area contributed by atoms with Gasteiger partial charge in [-0.15, -0.1) is 0 Å². The largest absolute Gasteiger partial charge is 0.454 e. The van der Waals surface area contributed by atoms with Gasteiger partial charge in [0.2, 0.25) is 6.79 Å². The van der Waals surface area contributed by atoms with Gasteiger partial charge in [0, 0.05) is 30.9 Å². The van der Waals surface area contributed by atoms with Crippen molar-refractivity contribution in [3.63, 3.8) is 0 Å². The lowest BCUT2D eigenvalue weighted by Gasteiger charge is -2.36. The van der Waals surface area contributed by atoms with Crippen LogP contribution in [0.15, 0.2) is 18.2 Å². The van der Waals surface area contributed by atoms with Gasteiger partial charge in [0.25, 0.3) is 0 Å². The van der Waals surface area contributed by atoms with Crippen molar-refractivity contribution in [3.05, 3.63) is 18.2 Å². The Bertz CT molecular complexity index is 502. The second kappa shape index (κ2) is 5.76. The van der Waals surface area contributed by atoms with Crippen molar-refractivity contribution in [2.24, 2.45) is 5.92 Å². The molecule has 2 aliphatic heterocycles. The first-order chi connectivity index (χ1) is 10.4. The minimum Gasteiger partial charge on any atom is -0.454 e. The fraction of sp³-hybridized carbons (Fsp3) is 0.647. The highest BCUT2D eigenvalue weighted by atomic mass is 16.7. The summed E-state index contributed by atoms with van der Waals surface area (Å²) in [5, 5.41) is 3.78. The molecule has 1 unspecified atom stereocenters. The van der Waals surface area contributed by atoms with Gasteiger partial charge in [-0.05, 0) is 50.3 Å². The Morgan fingerprint density at radius 3 is 2.86 bits per heavy atom. The number of fused-ring (bicyclic) bond motifs is 1. The zero-order valence-electron chi connectivity index (χ0n) is 12.5. The molecule has 4 heteroatoms. The Hall–Kier alpha value is -1.42. The molecule has 1 saturated heterocycles. The Balaban J connectivity index is 1.38. The highest BCUT2D eigenvalue weighted by Gasteiger charge is 2.24. The maximum Gasteiger partial charge on any atom is 0.231 e. The molecule has 1 N–H and O–H groups in total. The van der Waals surface area contributed by atoms with E-state index in [1.54, 1.807) is 0 Å². The van der Waals surface area contributed by atoms with Crippen molar-refractivity contribution >= 4 is 5.69 Å². The summed E-state index contributed by atoms with van der Waals surface area (Å²) < 4.78 is 10.9. The Morgan fingerprint density at radius 1 is 1.10 bits per heavy atom. The number of benzene rings is 1. The molecule has 0 bridgehead atoms. The molecule has 0 radical (unpaired) electrons. The second-order valence-corrected chi connectivity index (χ2v) is 6.53. The van der Waals surface area contributed by atoms with Crippen molar-refractivity contribution < 1.29 is 9.47 Å². The highest BCUT2D eigenvalue weighted by Crippen LogP contribution is 2.36. The van der Waals surface area contributed by atoms with Gasteiger partial charge in [-0.2, -0.15) is 0 Å². The minimum atomic E-state index is 0.352. The number of nitrogens with zero attached hydrogens (tertiary/aromatic N) is 1. The lowest BCUT2D eigenvalue weighted by atomic mass is 9.85. The zero-order chi connectivity index (χ0) is 14.1. The summed E-state index contributed by atoms with van der Waals surface area (Å²) in [6.07, 6.45) is 6.84. The molecule has 4 nitrogen and oxygen atoms in total. The maximum atomic E-state index is 5.49. The molecule has 1 saturated carbocycles. The van der Waals surface area contributed by atoms with Crippen LogP contribution in [0.3, 0.4) is 0 Å². The molecule has 1 aromatic rings. The molecule has 3 aliphatic rings. The molecule has 0 aromatic heterocycles. The van der Waals surface area contributed by atoms with Gasteiger partial charge in [0.05, 0.1) is 0 Å². The predicted octanol–water partition coefficient (Wildman–Crippen LogP) is 2.77. The number of nitrogens with one attached hydrogen (secondary N) is 1. The SMILES string of the molecule is c1cc2c(cc1N1CCCC(NCC3CCC3)C1)OCO2. The van der Waals surface area contributed by atoms with Gasteiger partial charge in [0.15, 0.2) is 11.5 Å². The third-order valence-electron chi connectivity index (χ3n) is 5.06. The van der Waals surface area contributed by atoms with Crippen LogP contribution in [-0.2, 0) is 0 Å². The molecule has 114 valence electrons. The van der Waals surface area contributed by atoms with E-state index in [2.05, 4.69) is 22.3 Å². The average molecular weight is 288 g/mol. The summed E-state index contributed by atoms with van der Waals surface area (Å²) in [6, 6.07) is 6.94. The monoisotopic (exact) mass is 288 g/mol. The van der Waals surface area contributed by atoms with Crippen LogP contribution >= 0.6 is 0 Å². The van der Waals surface area contributed by atoms with E-state index in [0.29, 0.717) is 12.8 Å². The van der Waals surface area contributed by atoms with E-state index in [1.165, 1.54) is 44.3 Å². The van der Waals surface area contributed by atoms with E-state index >= 15 is 0 Å². The summed E-state index contributed by atoms with van der Waals surface area (Å²) in [6.45, 7) is 3.80. The standard InChI is InChI=1S/C17H24N2O2/c1-3-13(4-1)10-18-14-5-2-8-19(11-14)15-6-7-16-17(9-15)21-12-20-16/h6-7,9,13-14,18H,1-5,8,10-12H2. The van der Waals surface area contributed by atoms with Crippen LogP contribution in [0, 0.1) is 5.92 Å². The van der Waals surface area contributed by atoms with Crippen LogP contribution < -0.4 is 19.7 Å². The number of rotatable bonds is 4. The van der Waals surface area contributed by atoms with Gasteiger partial charge in [-0.1, -0.05) is 6.42 Å². The topological polar surface area (TPSA) is 33.7 Å². The molecular weight excluding hydrogens is 264 g/mol. The van der Waals surface area contributed by atoms with Crippen LogP contribution in [0.5, 0.6) is 11.5 Å². The van der Waals surface area contributed by atoms with Crippen LogP contribution in [0.2, 0.25) is 0 Å². The van der Waals surface area contributed by atoms with Crippen molar-refractivity contribution in [1.82, 2.24) is 5.32 Å². The van der Waals surface area contributed by atoms with E-state index in [4.69, 9.17) is 9.47 Å². The average Bonchev–Trinajstić information content (AvgIpc) is 2.93. The van der Waals surface area contributed by atoms with Crippen molar-refractivity contribution in [2.75, 3.05) is 31.3 Å². The molecule has 0 amide bonds. The van der Waals surface area contributed by atoms with Gasteiger partial charge in [0.1, 0.15) is 0 Å². The summed E-state index contributed by atoms with van der Waals surface area (Å²) in [7, 11) is 0. The molecule has 1 aromatic carbocycles. The van der Waals surface area contributed by atoms with Gasteiger partial charge < -0.3 is 19.7 Å². The zero-order valence-corrected chi connectivity index (χ0v) is 12.5. The molecule has 1 aliphatic carbocycles. The number of ether oxygens (including phenoxy) is 2. The van der Waals surface area contributed by atoms with Gasteiger partial charge >= 0.3 is 0 Å². The normalized spacial score (nSPS) is 25.0. The Kier molecular flexibility index (Phi) is 3.63. The van der Waals surface area contributed by atoms with Crippen LogP contribution in [0.1, 0.15) is 32.1 Å². The first-order valence-corrected chi connectivity index (χ1v) is 8.26. The molecular formula is C17H24N2O2. The minimum absolute atomic E-state index is 0.352. The molecule has 1 atom stereocenters. The first kappa shape index (κ1) is 13.3. The fourth-order valence-corrected chi connectivity index (χ4v) is 3.49. The number of hydrogen-bond acceptors (Lipinski definition) is 4. The summed E-state index contributed by atoms with van der Waals surface area (Å²) in [5.74, 6) is 2.69. The molecule has 4 rings (SSSR count). The van der Waals surface area contributed by atoms with E-state index in [0.717, 1.165) is 30.5 Å². The van der Waals surface area contributed by atoms with Gasteiger partial charge in [-0.25, -0.2) is 0 Å². The van der Waals surface area contributed by atoms with Crippen molar-refractivity contribution in [2.45, 2.75) is 38.1 Å². The first-order valence-electron chi connectivity index (χ1n) is 8.26. The molecule has 0 spiro atoms. The second-order valence-electron chi connectivity index (χ2n) is 6.53. The fourth-order valence-electron chi connectivity index (χ4n) is 3.49. The van der Waals surface area contributed by atoms with E-state index in [-0.39, 0.29) is 0 Å². The van der Waals surface area contributed by atoms with E-state index in [1.807, 2.05) is 6.07 Å². The molecule has 21 heavy (non-hydrogen) atoms. The predicted molar refractivity (Wildman–Crippen MR) is 83.1 cm³/mol. The summed E-state index contributed by atoms with van der Waals surface area (Å²) in [4.78, 5) is 2.48. The number of hydrogen-bond donors (Lipinski definition) is 1. The lowest BCUT2D eigenvalue weighted by Crippen LogP contribution is -2.47. The third kappa shape index (κ3) is 2.82. The number of piperidine rings is 1. The quantitative estimate of drug-likeness (QED) is 0.923.